The number of aliphatic imine (C=N–C) groups is 1. The molecule has 1 aromatic rings. The Morgan fingerprint density at radius 3 is 2.21 bits per heavy atom. The van der Waals surface area contributed by atoms with Crippen molar-refractivity contribution in [2.24, 2.45) is 27.9 Å². The van der Waals surface area contributed by atoms with Crippen molar-refractivity contribution in [1.29, 1.82) is 0 Å². The molecule has 0 aliphatic rings. The van der Waals surface area contributed by atoms with E-state index >= 15 is 0 Å². The number of alkyl halides is 1. The summed E-state index contributed by atoms with van der Waals surface area (Å²) in [7, 11) is 0. The number of nitrogens with two attached hydrogens (primary N) is 4. The summed E-state index contributed by atoms with van der Waals surface area (Å²) in [6.07, 6.45) is 2.50. The van der Waals surface area contributed by atoms with Gasteiger partial charge < -0.3 is 33.4 Å². The van der Waals surface area contributed by atoms with Crippen LogP contribution in [0.2, 0.25) is 0 Å². The first-order valence-electron chi connectivity index (χ1n) is 12.8. The highest BCUT2D eigenvalue weighted by molar-refractivity contribution is 6.28. The molecule has 1 unspecified atom stereocenters. The summed E-state index contributed by atoms with van der Waals surface area (Å²) < 4.78 is 0. The number of guanidine groups is 1. The number of unbranched alkanes of at least 4 members (excludes halogenated alkanes) is 1. The summed E-state index contributed by atoms with van der Waals surface area (Å²) >= 11 is 5.77. The Morgan fingerprint density at radius 2 is 1.62 bits per heavy atom. The number of hydrogen-bond donors (Lipinski definition) is 8. The molecule has 13 nitrogen and oxygen atoms in total. The van der Waals surface area contributed by atoms with E-state index in [0.717, 1.165) is 5.56 Å². The number of halogens is 1. The molecular formula is C25H41ClN8O5. The van der Waals surface area contributed by atoms with Crippen LogP contribution in [0.5, 0.6) is 5.75 Å². The summed E-state index contributed by atoms with van der Waals surface area (Å²) in [5.41, 5.74) is 22.9. The molecule has 0 bridgehead atoms. The Balaban J connectivity index is 2.78. The Morgan fingerprint density at radius 1 is 0.974 bits per heavy atom. The van der Waals surface area contributed by atoms with E-state index in [1.165, 1.54) is 19.1 Å². The lowest BCUT2D eigenvalue weighted by molar-refractivity contribution is -0.135. The van der Waals surface area contributed by atoms with Crippen molar-refractivity contribution < 1.29 is 24.3 Å². The highest BCUT2D eigenvalue weighted by Crippen LogP contribution is 2.11. The van der Waals surface area contributed by atoms with Gasteiger partial charge >= 0.3 is 0 Å². The van der Waals surface area contributed by atoms with Gasteiger partial charge in [0, 0.05) is 6.54 Å². The molecule has 1 rings (SSSR count). The fraction of sp³-hybridized carbons (Fsp3) is 0.560. The second-order valence-corrected chi connectivity index (χ2v) is 9.43. The van der Waals surface area contributed by atoms with Gasteiger partial charge in [0.1, 0.15) is 11.8 Å². The third-order valence-corrected chi connectivity index (χ3v) is 6.12. The third-order valence-electron chi connectivity index (χ3n) is 5.86. The minimum absolute atomic E-state index is 0.0664. The van der Waals surface area contributed by atoms with Crippen LogP contribution >= 0.6 is 11.6 Å². The molecule has 0 aliphatic heterocycles. The van der Waals surface area contributed by atoms with E-state index < -0.39 is 41.9 Å². The number of amides is 3. The van der Waals surface area contributed by atoms with E-state index in [9.17, 15) is 24.3 Å². The molecule has 0 heterocycles. The number of rotatable bonds is 18. The molecular weight excluding hydrogens is 528 g/mol. The minimum atomic E-state index is -1.06. The maximum absolute atomic E-state index is 13.0. The molecule has 0 spiro atoms. The zero-order valence-electron chi connectivity index (χ0n) is 22.2. The maximum Gasteiger partial charge on any atom is 0.248 e. The molecule has 218 valence electrons. The zero-order chi connectivity index (χ0) is 29.4. The van der Waals surface area contributed by atoms with Crippen LogP contribution in [0.15, 0.2) is 29.3 Å². The SMILES string of the molecule is C[C@H](NC(=O)[C@@H](N)Cc1ccc(O)cc1)C(=O)NC(=O)[C@H](CCCCN)NC(CCCN=C(N)N)C(=O)CCl. The molecule has 0 fully saturated rings. The number of phenols is 1. The highest BCUT2D eigenvalue weighted by Gasteiger charge is 2.28. The van der Waals surface area contributed by atoms with E-state index in [4.69, 9.17) is 34.5 Å². The first-order valence-corrected chi connectivity index (χ1v) is 13.3. The van der Waals surface area contributed by atoms with Gasteiger partial charge in [0.2, 0.25) is 17.7 Å². The number of nitrogens with one attached hydrogen (secondary N) is 3. The topological polar surface area (TPSA) is 241 Å². The van der Waals surface area contributed by atoms with E-state index in [2.05, 4.69) is 20.9 Å². The molecule has 1 aromatic carbocycles. The number of carbonyl (C=O) groups excluding carboxylic acids is 4. The van der Waals surface area contributed by atoms with Crippen LogP contribution in [0.4, 0.5) is 0 Å². The van der Waals surface area contributed by atoms with Gasteiger partial charge in [-0.15, -0.1) is 11.6 Å². The fourth-order valence-corrected chi connectivity index (χ4v) is 3.83. The number of imide groups is 1. The summed E-state index contributed by atoms with van der Waals surface area (Å²) in [5, 5.41) is 17.2. The van der Waals surface area contributed by atoms with Gasteiger partial charge in [0.15, 0.2) is 11.7 Å². The van der Waals surface area contributed by atoms with Gasteiger partial charge in [-0.25, -0.2) is 0 Å². The maximum atomic E-state index is 13.0. The van der Waals surface area contributed by atoms with Crippen molar-refractivity contribution >= 4 is 41.1 Å². The van der Waals surface area contributed by atoms with Crippen molar-refractivity contribution in [2.75, 3.05) is 19.0 Å². The first kappa shape index (κ1) is 33.8. The normalized spacial score (nSPS) is 13.9. The lowest BCUT2D eigenvalue weighted by Crippen LogP contribution is -2.56. The number of nitrogens with zero attached hydrogens (tertiary/aromatic N) is 1. The van der Waals surface area contributed by atoms with Crippen molar-refractivity contribution in [3.63, 3.8) is 0 Å². The smallest absolute Gasteiger partial charge is 0.248 e. The minimum Gasteiger partial charge on any atom is -0.508 e. The predicted molar refractivity (Wildman–Crippen MR) is 150 cm³/mol. The fourth-order valence-electron chi connectivity index (χ4n) is 3.64. The second kappa shape index (κ2) is 18.1. The number of carbonyl (C=O) groups is 4. The van der Waals surface area contributed by atoms with Crippen LogP contribution < -0.4 is 38.9 Å². The predicted octanol–water partition coefficient (Wildman–Crippen LogP) is -1.27. The first-order chi connectivity index (χ1) is 18.5. The standard InChI is InChI=1S/C25H41ClN8O5/c1-15(32-23(38)18(28)13-16-7-9-17(35)10-8-16)22(37)34-24(39)20(5-2-3-11-27)33-19(21(36)14-26)6-4-12-31-25(29)30/h7-10,15,18-20,33,35H,2-6,11-14,27-28H2,1H3,(H,32,38)(H4,29,30,31)(H,34,37,39)/t15-,18-,19?,20-/m0/s1. The number of hydrogen-bond acceptors (Lipinski definition) is 9. The van der Waals surface area contributed by atoms with Gasteiger partial charge in [-0.2, -0.15) is 0 Å². The van der Waals surface area contributed by atoms with Crippen LogP contribution in [0, 0.1) is 0 Å². The monoisotopic (exact) mass is 568 g/mol. The number of ketones is 1. The Kier molecular flexibility index (Phi) is 15.7. The highest BCUT2D eigenvalue weighted by atomic mass is 35.5. The molecule has 0 radical (unpaired) electrons. The molecule has 12 N–H and O–H groups in total. The van der Waals surface area contributed by atoms with Gasteiger partial charge in [-0.1, -0.05) is 18.6 Å². The van der Waals surface area contributed by atoms with E-state index in [-0.39, 0.29) is 29.8 Å². The van der Waals surface area contributed by atoms with Crippen LogP contribution in [0.3, 0.4) is 0 Å². The number of Topliss-reactive ketones (excluding diaryl/α,β-unsaturated/α-hetero) is 1. The van der Waals surface area contributed by atoms with Gasteiger partial charge in [-0.05, 0) is 63.3 Å². The Labute approximate surface area is 233 Å². The van der Waals surface area contributed by atoms with Crippen molar-refractivity contribution in [3.05, 3.63) is 29.8 Å². The average molecular weight is 569 g/mol. The molecule has 0 saturated carbocycles. The summed E-state index contributed by atoms with van der Waals surface area (Å²) in [6, 6.07) is 2.58. The molecule has 4 atom stereocenters. The Bertz CT molecular complexity index is 972. The second-order valence-electron chi connectivity index (χ2n) is 9.17. The van der Waals surface area contributed by atoms with Crippen molar-refractivity contribution in [2.45, 2.75) is 69.6 Å². The quantitative estimate of drug-likeness (QED) is 0.0451. The molecule has 0 aromatic heterocycles. The molecule has 3 amide bonds. The molecule has 14 heteroatoms. The van der Waals surface area contributed by atoms with Crippen molar-refractivity contribution in [1.82, 2.24) is 16.0 Å². The van der Waals surface area contributed by atoms with Gasteiger partial charge in [-0.3, -0.25) is 34.8 Å². The molecule has 0 saturated heterocycles. The van der Waals surface area contributed by atoms with E-state index in [1.54, 1.807) is 12.1 Å². The average Bonchev–Trinajstić information content (AvgIpc) is 2.89. The summed E-state index contributed by atoms with van der Waals surface area (Å²) in [4.78, 5) is 54.5. The van der Waals surface area contributed by atoms with Crippen molar-refractivity contribution in [3.8, 4) is 5.75 Å². The number of aromatic hydroxyl groups is 1. The zero-order valence-corrected chi connectivity index (χ0v) is 23.0. The largest absolute Gasteiger partial charge is 0.508 e. The van der Waals surface area contributed by atoms with Crippen LogP contribution in [-0.4, -0.2) is 77.7 Å². The molecule has 39 heavy (non-hydrogen) atoms. The molecule has 0 aliphatic carbocycles. The van der Waals surface area contributed by atoms with Gasteiger partial charge in [0.05, 0.1) is 24.0 Å². The van der Waals surface area contributed by atoms with Crippen LogP contribution in [-0.2, 0) is 25.6 Å². The van der Waals surface area contributed by atoms with E-state index in [1.807, 2.05) is 0 Å². The third kappa shape index (κ3) is 13.4. The number of benzene rings is 1. The summed E-state index contributed by atoms with van der Waals surface area (Å²) in [6.45, 7) is 2.14. The van der Waals surface area contributed by atoms with E-state index in [0.29, 0.717) is 45.2 Å². The van der Waals surface area contributed by atoms with Gasteiger partial charge in [0.25, 0.3) is 0 Å². The lowest BCUT2D eigenvalue weighted by Gasteiger charge is -2.25. The Hall–Kier alpha value is -3.26. The van der Waals surface area contributed by atoms with Crippen LogP contribution in [0.1, 0.15) is 44.6 Å². The number of phenolic OH excluding ortho intramolecular Hbond substituents is 1. The van der Waals surface area contributed by atoms with Crippen LogP contribution in [0.25, 0.3) is 0 Å². The summed E-state index contributed by atoms with van der Waals surface area (Å²) in [5.74, 6) is -2.51. The lowest BCUT2D eigenvalue weighted by atomic mass is 10.0.